The normalized spacial score (nSPS) is 8.40. The summed E-state index contributed by atoms with van der Waals surface area (Å²) in [5.74, 6) is 0. The van der Waals surface area contributed by atoms with Crippen LogP contribution in [0.5, 0.6) is 0 Å². The Bertz CT molecular complexity index is 15.1. The van der Waals surface area contributed by atoms with Crippen LogP contribution in [0.2, 0.25) is 0 Å². The van der Waals surface area contributed by atoms with Crippen molar-refractivity contribution in [2.45, 2.75) is 0 Å². The third kappa shape index (κ3) is 4.35. The van der Waals surface area contributed by atoms with Crippen molar-refractivity contribution in [2.24, 2.45) is 0 Å². The summed E-state index contributed by atoms with van der Waals surface area (Å²) >= 11 is 0. The summed E-state index contributed by atoms with van der Waals surface area (Å²) in [5, 5.41) is 5.87. The van der Waals surface area contributed by atoms with Gasteiger partial charge in [-0.1, -0.05) is 0 Å². The minimum atomic E-state index is 0.698. The lowest BCUT2D eigenvalue weighted by molar-refractivity contribution is 1.19. The molecule has 0 spiro atoms. The van der Waals surface area contributed by atoms with Gasteiger partial charge in [-0.2, -0.15) is 0 Å². The molecule has 0 unspecified atom stereocenters. The first kappa shape index (κ1) is 5.35. The van der Waals surface area contributed by atoms with Gasteiger partial charge in [0.05, 0.1) is 0 Å². The van der Waals surface area contributed by atoms with Crippen LogP contribution in [0.25, 0.3) is 0 Å². The molecule has 0 aromatic heterocycles. The van der Waals surface area contributed by atoms with E-state index in [9.17, 15) is 0 Å². The summed E-state index contributed by atoms with van der Waals surface area (Å²) in [7, 11) is 4.52. The van der Waals surface area contributed by atoms with Gasteiger partial charge in [0.1, 0.15) is 0 Å². The van der Waals surface area contributed by atoms with Crippen LogP contribution in [-0.2, 0) is 0 Å². The highest BCUT2D eigenvalue weighted by molar-refractivity contribution is 7.33. The molecule has 0 rings (SSSR count). The van der Waals surface area contributed by atoms with Gasteiger partial charge >= 0.3 is 0 Å². The standard InChI is InChI=1S/C2H9N2P/c1-3-5-4-2/h3-5H,1-2H3. The van der Waals surface area contributed by atoms with Gasteiger partial charge in [-0.25, -0.2) is 0 Å². The molecule has 0 atom stereocenters. The minimum Gasteiger partial charge on any atom is -0.289 e. The average molecular weight is 92.1 g/mol. The summed E-state index contributed by atoms with van der Waals surface area (Å²) in [5.41, 5.74) is 0. The lowest BCUT2D eigenvalue weighted by atomic mass is 11.6. The molecule has 0 aromatic rings. The molecule has 0 fully saturated rings. The van der Waals surface area contributed by atoms with Crippen LogP contribution >= 0.6 is 8.88 Å². The van der Waals surface area contributed by atoms with E-state index < -0.39 is 0 Å². The van der Waals surface area contributed by atoms with E-state index in [1.165, 1.54) is 0 Å². The smallest absolute Gasteiger partial charge is 0.0178 e. The Labute approximate surface area is 34.2 Å². The largest absolute Gasteiger partial charge is 0.289 e. The molecule has 2 N–H and O–H groups in total. The number of rotatable bonds is 2. The topological polar surface area (TPSA) is 24.1 Å². The van der Waals surface area contributed by atoms with Crippen molar-refractivity contribution in [3.63, 3.8) is 0 Å². The van der Waals surface area contributed by atoms with Crippen LogP contribution in [-0.4, -0.2) is 14.1 Å². The Morgan fingerprint density at radius 1 is 1.20 bits per heavy atom. The molecule has 32 valence electrons. The Morgan fingerprint density at radius 2 is 1.60 bits per heavy atom. The second kappa shape index (κ2) is 4.35. The quantitative estimate of drug-likeness (QED) is 0.466. The monoisotopic (exact) mass is 92.1 g/mol. The van der Waals surface area contributed by atoms with Crippen LogP contribution < -0.4 is 10.2 Å². The van der Waals surface area contributed by atoms with E-state index in [4.69, 9.17) is 0 Å². The average Bonchev–Trinajstić information content (AvgIpc) is 1.41. The maximum Gasteiger partial charge on any atom is 0.0178 e. The van der Waals surface area contributed by atoms with E-state index in [1.807, 2.05) is 14.1 Å². The first-order chi connectivity index (χ1) is 2.41. The van der Waals surface area contributed by atoms with Crippen LogP contribution in [0.15, 0.2) is 0 Å². The second-order valence-corrected chi connectivity index (χ2v) is 1.88. The van der Waals surface area contributed by atoms with Gasteiger partial charge in [-0.05, 0) is 14.1 Å². The van der Waals surface area contributed by atoms with Crippen LogP contribution in [0.1, 0.15) is 0 Å². The van der Waals surface area contributed by atoms with E-state index in [1.54, 1.807) is 0 Å². The molecular formula is C2H9N2P. The Balaban J connectivity index is 2.19. The lowest BCUT2D eigenvalue weighted by Crippen LogP contribution is -1.98. The summed E-state index contributed by atoms with van der Waals surface area (Å²) in [6.45, 7) is 0. The van der Waals surface area contributed by atoms with Gasteiger partial charge in [0.2, 0.25) is 0 Å². The van der Waals surface area contributed by atoms with Crippen molar-refractivity contribution < 1.29 is 0 Å². The molecule has 0 aromatic carbocycles. The molecule has 0 aliphatic heterocycles. The summed E-state index contributed by atoms with van der Waals surface area (Å²) in [6, 6.07) is 0. The Kier molecular flexibility index (Phi) is 4.65. The third-order valence-corrected chi connectivity index (χ3v) is 0.750. The number of hydrogen-bond acceptors (Lipinski definition) is 2. The second-order valence-electron chi connectivity index (χ2n) is 0.625. The van der Waals surface area contributed by atoms with Crippen molar-refractivity contribution in [1.82, 2.24) is 10.2 Å². The first-order valence-electron chi connectivity index (χ1n) is 1.50. The molecule has 0 bridgehead atoms. The summed E-state index contributed by atoms with van der Waals surface area (Å²) in [4.78, 5) is 0. The van der Waals surface area contributed by atoms with E-state index in [2.05, 4.69) is 10.2 Å². The number of nitrogens with one attached hydrogen (secondary N) is 2. The Morgan fingerprint density at radius 3 is 1.60 bits per heavy atom. The van der Waals surface area contributed by atoms with Gasteiger partial charge in [0.25, 0.3) is 0 Å². The molecule has 0 saturated heterocycles. The van der Waals surface area contributed by atoms with Gasteiger partial charge in [-0.3, -0.25) is 10.2 Å². The molecule has 0 aliphatic rings. The van der Waals surface area contributed by atoms with Gasteiger partial charge < -0.3 is 0 Å². The predicted molar refractivity (Wildman–Crippen MR) is 26.4 cm³/mol. The Hall–Kier alpha value is 0.350. The zero-order chi connectivity index (χ0) is 4.12. The fourth-order valence-electron chi connectivity index (χ4n) is 0.125. The fourth-order valence-corrected chi connectivity index (χ4v) is 0.375. The van der Waals surface area contributed by atoms with E-state index >= 15 is 0 Å². The van der Waals surface area contributed by atoms with E-state index in [0.29, 0.717) is 8.88 Å². The van der Waals surface area contributed by atoms with Crippen molar-refractivity contribution in [1.29, 1.82) is 0 Å². The van der Waals surface area contributed by atoms with Crippen LogP contribution in [0.3, 0.4) is 0 Å². The minimum absolute atomic E-state index is 0.698. The van der Waals surface area contributed by atoms with E-state index in [0.717, 1.165) is 0 Å². The molecule has 0 radical (unpaired) electrons. The van der Waals surface area contributed by atoms with Crippen molar-refractivity contribution in [2.75, 3.05) is 14.1 Å². The molecule has 3 heteroatoms. The highest BCUT2D eigenvalue weighted by Crippen LogP contribution is 1.84. The molecule has 0 amide bonds. The van der Waals surface area contributed by atoms with Gasteiger partial charge in [0, 0.05) is 8.88 Å². The van der Waals surface area contributed by atoms with Crippen LogP contribution in [0, 0.1) is 0 Å². The molecule has 0 heterocycles. The summed E-state index contributed by atoms with van der Waals surface area (Å²) in [6.07, 6.45) is 0. The SMILES string of the molecule is CNPNC. The predicted octanol–water partition coefficient (Wildman–Crippen LogP) is -0.0663. The zero-order valence-electron chi connectivity index (χ0n) is 3.50. The number of hydrogen-bond donors (Lipinski definition) is 2. The van der Waals surface area contributed by atoms with Crippen molar-refractivity contribution in [3.8, 4) is 0 Å². The molecule has 5 heavy (non-hydrogen) atoms. The molecule has 0 saturated carbocycles. The fraction of sp³-hybridized carbons (Fsp3) is 1.00. The maximum atomic E-state index is 2.93. The maximum absolute atomic E-state index is 2.93. The third-order valence-electron chi connectivity index (χ3n) is 0.250. The zero-order valence-corrected chi connectivity index (χ0v) is 4.50. The lowest BCUT2D eigenvalue weighted by Gasteiger charge is -1.88. The molecular weight excluding hydrogens is 83.0 g/mol. The van der Waals surface area contributed by atoms with Gasteiger partial charge in [-0.15, -0.1) is 0 Å². The van der Waals surface area contributed by atoms with Crippen molar-refractivity contribution in [3.05, 3.63) is 0 Å². The highest BCUT2D eigenvalue weighted by atomic mass is 31.1. The summed E-state index contributed by atoms with van der Waals surface area (Å²) < 4.78 is 0. The highest BCUT2D eigenvalue weighted by Gasteiger charge is 1.60. The first-order valence-corrected chi connectivity index (χ1v) is 2.50. The van der Waals surface area contributed by atoms with Crippen molar-refractivity contribution >= 4 is 8.88 Å². The molecule has 2 nitrogen and oxygen atoms in total. The molecule has 0 aliphatic carbocycles. The van der Waals surface area contributed by atoms with Gasteiger partial charge in [0.15, 0.2) is 0 Å². The van der Waals surface area contributed by atoms with Crippen LogP contribution in [0.4, 0.5) is 0 Å². The van der Waals surface area contributed by atoms with E-state index in [-0.39, 0.29) is 0 Å².